The van der Waals surface area contributed by atoms with Gasteiger partial charge in [-0.3, -0.25) is 0 Å². The SMILES string of the molecule is Cc1cc(S(=O)(=O)Cl)ccc1-n1cc(Br)c(C)n1. The van der Waals surface area contributed by atoms with Gasteiger partial charge in [0, 0.05) is 16.9 Å². The number of nitrogens with zero attached hydrogens (tertiary/aromatic N) is 2. The third kappa shape index (κ3) is 2.60. The van der Waals surface area contributed by atoms with Gasteiger partial charge in [-0.1, -0.05) is 0 Å². The van der Waals surface area contributed by atoms with Crippen LogP contribution in [0.15, 0.2) is 33.8 Å². The third-order valence-electron chi connectivity index (χ3n) is 2.54. The number of hydrogen-bond donors (Lipinski definition) is 0. The first-order valence-corrected chi connectivity index (χ1v) is 8.17. The van der Waals surface area contributed by atoms with E-state index in [2.05, 4.69) is 21.0 Å². The molecule has 0 fully saturated rings. The maximum atomic E-state index is 11.2. The monoisotopic (exact) mass is 348 g/mol. The molecular formula is C11H10BrClN2O2S. The van der Waals surface area contributed by atoms with Crippen LogP contribution in [0.5, 0.6) is 0 Å². The number of rotatable bonds is 2. The standard InChI is InChI=1S/C11H10BrClN2O2S/c1-7-5-9(18(13,16)17)3-4-11(7)15-6-10(12)8(2)14-15/h3-6H,1-2H3. The smallest absolute Gasteiger partial charge is 0.239 e. The van der Waals surface area contributed by atoms with Crippen LogP contribution >= 0.6 is 26.6 Å². The lowest BCUT2D eigenvalue weighted by molar-refractivity contribution is 0.609. The van der Waals surface area contributed by atoms with Crippen molar-refractivity contribution in [2.75, 3.05) is 0 Å². The Bertz CT molecular complexity index is 690. The van der Waals surface area contributed by atoms with Crippen LogP contribution in [-0.2, 0) is 9.05 Å². The van der Waals surface area contributed by atoms with E-state index in [0.717, 1.165) is 21.4 Å². The quantitative estimate of drug-likeness (QED) is 0.783. The van der Waals surface area contributed by atoms with Gasteiger partial charge in [0.25, 0.3) is 9.05 Å². The molecule has 0 radical (unpaired) electrons. The zero-order chi connectivity index (χ0) is 13.5. The maximum absolute atomic E-state index is 11.2. The second kappa shape index (κ2) is 4.68. The maximum Gasteiger partial charge on any atom is 0.261 e. The minimum absolute atomic E-state index is 0.0911. The molecular weight excluding hydrogens is 340 g/mol. The summed E-state index contributed by atoms with van der Waals surface area (Å²) in [5, 5.41) is 4.32. The van der Waals surface area contributed by atoms with Crippen molar-refractivity contribution in [2.45, 2.75) is 18.7 Å². The molecule has 0 unspecified atom stereocenters. The van der Waals surface area contributed by atoms with Gasteiger partial charge >= 0.3 is 0 Å². The summed E-state index contributed by atoms with van der Waals surface area (Å²) in [6, 6.07) is 4.68. The summed E-state index contributed by atoms with van der Waals surface area (Å²) in [6.07, 6.45) is 1.83. The largest absolute Gasteiger partial charge is 0.261 e. The molecule has 1 aromatic heterocycles. The Hall–Kier alpha value is -0.850. The molecule has 1 aromatic carbocycles. The highest BCUT2D eigenvalue weighted by Gasteiger charge is 2.13. The van der Waals surface area contributed by atoms with Crippen LogP contribution in [0.1, 0.15) is 11.3 Å². The van der Waals surface area contributed by atoms with E-state index < -0.39 is 9.05 Å². The molecule has 0 saturated heterocycles. The van der Waals surface area contributed by atoms with E-state index in [1.54, 1.807) is 10.7 Å². The molecule has 2 rings (SSSR count). The van der Waals surface area contributed by atoms with Gasteiger partial charge in [0.1, 0.15) is 0 Å². The molecule has 0 aliphatic heterocycles. The summed E-state index contributed by atoms with van der Waals surface area (Å²) < 4.78 is 25.0. The Morgan fingerprint density at radius 1 is 1.33 bits per heavy atom. The van der Waals surface area contributed by atoms with Crippen molar-refractivity contribution in [3.63, 3.8) is 0 Å². The summed E-state index contributed by atoms with van der Waals surface area (Å²) in [6.45, 7) is 3.69. The molecule has 0 aliphatic rings. The van der Waals surface area contributed by atoms with Crippen LogP contribution in [0.4, 0.5) is 0 Å². The van der Waals surface area contributed by atoms with E-state index in [4.69, 9.17) is 10.7 Å². The minimum atomic E-state index is -3.69. The minimum Gasteiger partial charge on any atom is -0.239 e. The van der Waals surface area contributed by atoms with Crippen LogP contribution in [0, 0.1) is 13.8 Å². The molecule has 0 saturated carbocycles. The van der Waals surface area contributed by atoms with Gasteiger partial charge in [-0.25, -0.2) is 13.1 Å². The second-order valence-corrected chi connectivity index (χ2v) is 7.31. The Kier molecular flexibility index (Phi) is 3.53. The summed E-state index contributed by atoms with van der Waals surface area (Å²) in [7, 11) is 1.61. The molecule has 7 heteroatoms. The lowest BCUT2D eigenvalue weighted by Crippen LogP contribution is -2.00. The second-order valence-electron chi connectivity index (χ2n) is 3.89. The topological polar surface area (TPSA) is 52.0 Å². The fourth-order valence-electron chi connectivity index (χ4n) is 1.60. The predicted octanol–water partition coefficient (Wildman–Crippen LogP) is 3.18. The number of aryl methyl sites for hydroxylation is 2. The Morgan fingerprint density at radius 2 is 2.00 bits per heavy atom. The molecule has 0 amide bonds. The first-order chi connectivity index (χ1) is 8.29. The highest BCUT2D eigenvalue weighted by Crippen LogP contribution is 2.23. The summed E-state index contributed by atoms with van der Waals surface area (Å²) in [4.78, 5) is 0.0911. The normalized spacial score (nSPS) is 11.8. The van der Waals surface area contributed by atoms with Crippen LogP contribution < -0.4 is 0 Å². The van der Waals surface area contributed by atoms with E-state index in [1.807, 2.05) is 20.0 Å². The molecule has 0 bridgehead atoms. The fraction of sp³-hybridized carbons (Fsp3) is 0.182. The predicted molar refractivity (Wildman–Crippen MR) is 73.8 cm³/mol. The van der Waals surface area contributed by atoms with Gasteiger partial charge in [-0.15, -0.1) is 0 Å². The van der Waals surface area contributed by atoms with Gasteiger partial charge in [0.2, 0.25) is 0 Å². The molecule has 0 aliphatic carbocycles. The van der Waals surface area contributed by atoms with Gasteiger partial charge in [-0.2, -0.15) is 5.10 Å². The highest BCUT2D eigenvalue weighted by atomic mass is 79.9. The van der Waals surface area contributed by atoms with Crippen LogP contribution in [-0.4, -0.2) is 18.2 Å². The molecule has 2 aromatic rings. The first kappa shape index (κ1) is 13.6. The molecule has 4 nitrogen and oxygen atoms in total. The highest BCUT2D eigenvalue weighted by molar-refractivity contribution is 9.10. The average Bonchev–Trinajstić information content (AvgIpc) is 2.57. The fourth-order valence-corrected chi connectivity index (χ4v) is 2.71. The Balaban J connectivity index is 2.54. The van der Waals surface area contributed by atoms with Crippen molar-refractivity contribution in [3.05, 3.63) is 40.1 Å². The molecule has 96 valence electrons. The number of halogens is 2. The summed E-state index contributed by atoms with van der Waals surface area (Å²) in [5.74, 6) is 0. The Morgan fingerprint density at radius 3 is 2.44 bits per heavy atom. The molecule has 1 heterocycles. The van der Waals surface area contributed by atoms with E-state index in [1.165, 1.54) is 12.1 Å². The van der Waals surface area contributed by atoms with Crippen molar-refractivity contribution in [3.8, 4) is 5.69 Å². The van der Waals surface area contributed by atoms with E-state index in [-0.39, 0.29) is 4.90 Å². The van der Waals surface area contributed by atoms with E-state index >= 15 is 0 Å². The molecule has 0 N–H and O–H groups in total. The Labute approximate surface area is 118 Å². The van der Waals surface area contributed by atoms with Crippen LogP contribution in [0.25, 0.3) is 5.69 Å². The van der Waals surface area contributed by atoms with Crippen molar-refractivity contribution in [2.24, 2.45) is 0 Å². The average molecular weight is 350 g/mol. The van der Waals surface area contributed by atoms with E-state index in [0.29, 0.717) is 0 Å². The molecule has 0 atom stereocenters. The lowest BCUT2D eigenvalue weighted by atomic mass is 10.2. The van der Waals surface area contributed by atoms with Crippen LogP contribution in [0.3, 0.4) is 0 Å². The number of benzene rings is 1. The van der Waals surface area contributed by atoms with Crippen molar-refractivity contribution < 1.29 is 8.42 Å². The summed E-state index contributed by atoms with van der Waals surface area (Å²) >= 11 is 3.38. The first-order valence-electron chi connectivity index (χ1n) is 5.06. The zero-order valence-corrected chi connectivity index (χ0v) is 12.8. The molecule has 0 spiro atoms. The van der Waals surface area contributed by atoms with Crippen molar-refractivity contribution in [1.82, 2.24) is 9.78 Å². The number of hydrogen-bond acceptors (Lipinski definition) is 3. The number of aromatic nitrogens is 2. The van der Waals surface area contributed by atoms with Gasteiger partial charge in [0.05, 0.1) is 20.7 Å². The van der Waals surface area contributed by atoms with Crippen molar-refractivity contribution >= 4 is 35.7 Å². The van der Waals surface area contributed by atoms with Gasteiger partial charge < -0.3 is 0 Å². The van der Waals surface area contributed by atoms with Crippen LogP contribution in [0.2, 0.25) is 0 Å². The zero-order valence-electron chi connectivity index (χ0n) is 9.68. The molecule has 18 heavy (non-hydrogen) atoms. The van der Waals surface area contributed by atoms with Gasteiger partial charge in [-0.05, 0) is 53.5 Å². The lowest BCUT2D eigenvalue weighted by Gasteiger charge is -2.07. The third-order valence-corrected chi connectivity index (χ3v) is 4.67. The van der Waals surface area contributed by atoms with Gasteiger partial charge in [0.15, 0.2) is 0 Å². The van der Waals surface area contributed by atoms with E-state index in [9.17, 15) is 8.42 Å². The van der Waals surface area contributed by atoms with Crippen molar-refractivity contribution in [1.29, 1.82) is 0 Å². The summed E-state index contributed by atoms with van der Waals surface area (Å²) in [5.41, 5.74) is 2.46.